The van der Waals surface area contributed by atoms with Gasteiger partial charge in [-0.3, -0.25) is 0 Å². The minimum absolute atomic E-state index is 0.0816. The smallest absolute Gasteiger partial charge is 0.112 e. The van der Waals surface area contributed by atoms with Crippen LogP contribution in [0.5, 0.6) is 0 Å². The third-order valence-corrected chi connectivity index (χ3v) is 2.59. The molecule has 1 spiro atoms. The molecular formula is C7H12NO. The topological polar surface area (TPSA) is 41.8 Å². The molecule has 0 aromatic rings. The molecule has 2 nitrogen and oxygen atoms in total. The zero-order valence-electron chi connectivity index (χ0n) is 5.52. The molecule has 2 unspecified atom stereocenters. The predicted octanol–water partition coefficient (Wildman–Crippen LogP) is 0.702. The van der Waals surface area contributed by atoms with Crippen LogP contribution in [0.4, 0.5) is 0 Å². The van der Waals surface area contributed by atoms with Gasteiger partial charge < -0.3 is 5.32 Å². The van der Waals surface area contributed by atoms with Gasteiger partial charge in [0.15, 0.2) is 0 Å². The van der Waals surface area contributed by atoms with Gasteiger partial charge in [-0.2, -0.15) is 0 Å². The van der Waals surface area contributed by atoms with Crippen molar-refractivity contribution in [1.29, 1.82) is 0 Å². The lowest BCUT2D eigenvalue weighted by Gasteiger charge is -2.23. The van der Waals surface area contributed by atoms with Crippen molar-refractivity contribution in [2.75, 3.05) is 6.54 Å². The van der Waals surface area contributed by atoms with E-state index in [1.165, 1.54) is 6.42 Å². The Morgan fingerprint density at radius 1 is 1.44 bits per heavy atom. The Morgan fingerprint density at radius 3 is 2.67 bits per heavy atom. The summed E-state index contributed by atoms with van der Waals surface area (Å²) in [4.78, 5) is 0. The molecule has 2 rings (SSSR count). The molecule has 2 heteroatoms. The van der Waals surface area contributed by atoms with Crippen LogP contribution in [-0.4, -0.2) is 18.2 Å². The van der Waals surface area contributed by atoms with E-state index in [0.717, 1.165) is 25.8 Å². The summed E-state index contributed by atoms with van der Waals surface area (Å²) in [7, 11) is 0. The van der Waals surface area contributed by atoms with Gasteiger partial charge in [0.2, 0.25) is 0 Å². The van der Waals surface area contributed by atoms with Crippen LogP contribution in [-0.2, 0) is 5.11 Å². The van der Waals surface area contributed by atoms with Gasteiger partial charge >= 0.3 is 0 Å². The van der Waals surface area contributed by atoms with Crippen molar-refractivity contribution in [2.45, 2.75) is 37.3 Å². The van der Waals surface area contributed by atoms with Gasteiger partial charge in [0, 0.05) is 6.54 Å². The molecule has 1 saturated heterocycles. The van der Waals surface area contributed by atoms with Crippen LogP contribution < -0.4 is 5.32 Å². The molecule has 9 heavy (non-hydrogen) atoms. The van der Waals surface area contributed by atoms with Crippen molar-refractivity contribution in [1.82, 2.24) is 5.32 Å². The van der Waals surface area contributed by atoms with Gasteiger partial charge in [0.25, 0.3) is 0 Å². The maximum absolute atomic E-state index is 11.2. The molecule has 51 valence electrons. The van der Waals surface area contributed by atoms with Crippen molar-refractivity contribution in [3.05, 3.63) is 0 Å². The van der Waals surface area contributed by atoms with E-state index in [-0.39, 0.29) is 11.6 Å². The first-order chi connectivity index (χ1) is 4.33. The zero-order valence-corrected chi connectivity index (χ0v) is 5.52. The molecule has 0 bridgehead atoms. The Balaban J connectivity index is 2.03. The molecule has 1 heterocycles. The molecule has 1 aliphatic heterocycles. The molecule has 0 amide bonds. The van der Waals surface area contributed by atoms with E-state index in [4.69, 9.17) is 0 Å². The van der Waals surface area contributed by atoms with Gasteiger partial charge in [0.1, 0.15) is 6.10 Å². The van der Waals surface area contributed by atoms with E-state index in [0.29, 0.717) is 0 Å². The molecule has 0 aromatic carbocycles. The third-order valence-electron chi connectivity index (χ3n) is 2.59. The second-order valence-electron chi connectivity index (χ2n) is 3.24. The van der Waals surface area contributed by atoms with E-state index in [1.54, 1.807) is 0 Å². The average Bonchev–Trinajstić information content (AvgIpc) is 2.60. The van der Waals surface area contributed by atoms with Crippen LogP contribution in [0.15, 0.2) is 0 Å². The quantitative estimate of drug-likeness (QED) is 0.477. The molecule has 2 fully saturated rings. The molecule has 1 N–H and O–H groups in total. The largest absolute Gasteiger partial charge is 0.306 e. The van der Waals surface area contributed by atoms with Crippen LogP contribution in [0.2, 0.25) is 0 Å². The molecule has 1 aliphatic carbocycles. The summed E-state index contributed by atoms with van der Waals surface area (Å²) in [6.45, 7) is 0.987. The predicted molar refractivity (Wildman–Crippen MR) is 33.7 cm³/mol. The number of nitrogens with one attached hydrogen (secondary N) is 1. The van der Waals surface area contributed by atoms with E-state index in [1.807, 2.05) is 0 Å². The minimum atomic E-state index is -0.300. The monoisotopic (exact) mass is 126 g/mol. The molecule has 1 saturated carbocycles. The first kappa shape index (κ1) is 5.69. The lowest BCUT2D eigenvalue weighted by atomic mass is 9.86. The number of hydrogen-bond acceptors (Lipinski definition) is 1. The Morgan fingerprint density at radius 2 is 2.22 bits per heavy atom. The van der Waals surface area contributed by atoms with Crippen molar-refractivity contribution in [3.63, 3.8) is 0 Å². The van der Waals surface area contributed by atoms with Gasteiger partial charge in [-0.25, -0.2) is 5.11 Å². The average molecular weight is 126 g/mol. The van der Waals surface area contributed by atoms with Crippen molar-refractivity contribution < 1.29 is 5.11 Å². The normalized spacial score (nSPS) is 49.7. The maximum atomic E-state index is 11.2. The molecule has 0 aromatic heterocycles. The lowest BCUT2D eigenvalue weighted by molar-refractivity contribution is 0.0267. The number of hydrogen-bond donors (Lipinski definition) is 1. The highest BCUT2D eigenvalue weighted by Crippen LogP contribution is 2.35. The highest BCUT2D eigenvalue weighted by Gasteiger charge is 2.50. The van der Waals surface area contributed by atoms with Crippen molar-refractivity contribution in [2.24, 2.45) is 0 Å². The second kappa shape index (κ2) is 1.70. The van der Waals surface area contributed by atoms with Crippen LogP contribution in [0.25, 0.3) is 0 Å². The van der Waals surface area contributed by atoms with Gasteiger partial charge in [0.05, 0.1) is 5.54 Å². The summed E-state index contributed by atoms with van der Waals surface area (Å²) in [6, 6.07) is 0. The molecular weight excluding hydrogens is 114 g/mol. The first-order valence-electron chi connectivity index (χ1n) is 3.74. The van der Waals surface area contributed by atoms with Crippen LogP contribution >= 0.6 is 0 Å². The summed E-state index contributed by atoms with van der Waals surface area (Å²) in [5.41, 5.74) is 0.0816. The van der Waals surface area contributed by atoms with Crippen LogP contribution in [0.3, 0.4) is 0 Å². The van der Waals surface area contributed by atoms with Gasteiger partial charge in [-0.05, 0) is 12.8 Å². The Kier molecular flexibility index (Phi) is 1.08. The summed E-state index contributed by atoms with van der Waals surface area (Å²) < 4.78 is 0. The lowest BCUT2D eigenvalue weighted by Crippen LogP contribution is -2.34. The van der Waals surface area contributed by atoms with Crippen LogP contribution in [0.1, 0.15) is 25.7 Å². The Hall–Kier alpha value is -0.0800. The van der Waals surface area contributed by atoms with E-state index in [9.17, 15) is 5.11 Å². The van der Waals surface area contributed by atoms with Crippen LogP contribution in [0, 0.1) is 0 Å². The van der Waals surface area contributed by atoms with Gasteiger partial charge in [-0.15, -0.1) is 0 Å². The van der Waals surface area contributed by atoms with E-state index >= 15 is 0 Å². The van der Waals surface area contributed by atoms with E-state index in [2.05, 4.69) is 5.32 Å². The van der Waals surface area contributed by atoms with Gasteiger partial charge in [-0.1, -0.05) is 12.8 Å². The highest BCUT2D eigenvalue weighted by atomic mass is 16.3. The highest BCUT2D eigenvalue weighted by molar-refractivity contribution is 5.10. The zero-order chi connectivity index (χ0) is 6.32. The number of rotatable bonds is 0. The SMILES string of the molecule is [O]C1CCCCC12CN2. The fraction of sp³-hybridized carbons (Fsp3) is 1.00. The van der Waals surface area contributed by atoms with Crippen molar-refractivity contribution in [3.8, 4) is 0 Å². The fourth-order valence-corrected chi connectivity index (χ4v) is 1.73. The summed E-state index contributed by atoms with van der Waals surface area (Å²) in [5, 5.41) is 14.4. The van der Waals surface area contributed by atoms with E-state index < -0.39 is 0 Å². The molecule has 2 aliphatic rings. The summed E-state index contributed by atoms with van der Waals surface area (Å²) in [5.74, 6) is 0. The summed E-state index contributed by atoms with van der Waals surface area (Å²) >= 11 is 0. The standard InChI is InChI=1S/C7H12NO/c9-6-3-1-2-4-7(6)5-8-7/h6,8H,1-5H2. The van der Waals surface area contributed by atoms with Crippen molar-refractivity contribution >= 4 is 0 Å². The minimum Gasteiger partial charge on any atom is -0.306 e. The maximum Gasteiger partial charge on any atom is 0.112 e. The molecule has 1 radical (unpaired) electrons. The second-order valence-corrected chi connectivity index (χ2v) is 3.24. The first-order valence-corrected chi connectivity index (χ1v) is 3.74. The fourth-order valence-electron chi connectivity index (χ4n) is 1.73. The summed E-state index contributed by atoms with van der Waals surface area (Å²) in [6.07, 6.45) is 4.13. The third kappa shape index (κ3) is 0.775. The molecule has 2 atom stereocenters. The Bertz CT molecular complexity index is 120. The Labute approximate surface area is 55.3 Å².